The topological polar surface area (TPSA) is 78.7 Å². The SMILES string of the molecule is CCn1cc(C(=O)N/N=C/c2ccccc2)c(=O)c2cc(F)c(N3CCNCC3)cc21. The van der Waals surface area contributed by atoms with Gasteiger partial charge in [0.15, 0.2) is 0 Å². The number of pyridine rings is 1. The molecule has 1 amide bonds. The van der Waals surface area contributed by atoms with Gasteiger partial charge < -0.3 is 14.8 Å². The Bertz CT molecular complexity index is 1180. The number of benzene rings is 2. The van der Waals surface area contributed by atoms with Gasteiger partial charge in [0.1, 0.15) is 11.4 Å². The molecule has 3 aromatic rings. The van der Waals surface area contributed by atoms with Crippen molar-refractivity contribution in [1.82, 2.24) is 15.3 Å². The lowest BCUT2D eigenvalue weighted by Gasteiger charge is -2.30. The summed E-state index contributed by atoms with van der Waals surface area (Å²) in [4.78, 5) is 27.6. The van der Waals surface area contributed by atoms with Gasteiger partial charge in [-0.2, -0.15) is 5.10 Å². The fraction of sp³-hybridized carbons (Fsp3) is 0.261. The van der Waals surface area contributed by atoms with Gasteiger partial charge in [0.25, 0.3) is 5.91 Å². The van der Waals surface area contributed by atoms with E-state index in [0.717, 1.165) is 18.7 Å². The number of halogens is 1. The summed E-state index contributed by atoms with van der Waals surface area (Å²) in [7, 11) is 0. The van der Waals surface area contributed by atoms with Crippen LogP contribution >= 0.6 is 0 Å². The van der Waals surface area contributed by atoms with Crippen LogP contribution in [0.15, 0.2) is 58.6 Å². The van der Waals surface area contributed by atoms with E-state index < -0.39 is 17.2 Å². The molecule has 0 atom stereocenters. The van der Waals surface area contributed by atoms with Gasteiger partial charge in [-0.15, -0.1) is 0 Å². The number of nitrogens with zero attached hydrogens (tertiary/aromatic N) is 3. The van der Waals surface area contributed by atoms with Crippen molar-refractivity contribution in [2.24, 2.45) is 5.10 Å². The predicted octanol–water partition coefficient (Wildman–Crippen LogP) is 2.33. The van der Waals surface area contributed by atoms with Crippen molar-refractivity contribution in [3.8, 4) is 0 Å². The van der Waals surface area contributed by atoms with Gasteiger partial charge in [-0.1, -0.05) is 30.3 Å². The number of hydrazone groups is 1. The van der Waals surface area contributed by atoms with Crippen molar-refractivity contribution in [2.75, 3.05) is 31.1 Å². The molecule has 2 aromatic carbocycles. The first-order valence-electron chi connectivity index (χ1n) is 10.3. The molecule has 1 aromatic heterocycles. The Morgan fingerprint density at radius 1 is 1.23 bits per heavy atom. The number of carbonyl (C=O) groups is 1. The smallest absolute Gasteiger partial charge is 0.276 e. The van der Waals surface area contributed by atoms with Crippen molar-refractivity contribution in [1.29, 1.82) is 0 Å². The quantitative estimate of drug-likeness (QED) is 0.490. The van der Waals surface area contributed by atoms with Gasteiger partial charge in [0.05, 0.1) is 17.4 Å². The summed E-state index contributed by atoms with van der Waals surface area (Å²) >= 11 is 0. The van der Waals surface area contributed by atoms with Gasteiger partial charge in [0, 0.05) is 44.3 Å². The molecule has 2 N–H and O–H groups in total. The number of fused-ring (bicyclic) bond motifs is 1. The first-order chi connectivity index (χ1) is 15.1. The Hall–Kier alpha value is -3.52. The first-order valence-corrected chi connectivity index (χ1v) is 10.3. The number of hydrogen-bond acceptors (Lipinski definition) is 5. The maximum absolute atomic E-state index is 14.9. The highest BCUT2D eigenvalue weighted by Gasteiger charge is 2.20. The van der Waals surface area contributed by atoms with Crippen molar-refractivity contribution in [3.05, 3.63) is 75.8 Å². The largest absolute Gasteiger partial charge is 0.367 e. The third kappa shape index (κ3) is 4.34. The van der Waals surface area contributed by atoms with E-state index >= 15 is 0 Å². The number of carbonyl (C=O) groups excluding carboxylic acids is 1. The van der Waals surface area contributed by atoms with E-state index in [1.165, 1.54) is 18.5 Å². The predicted molar refractivity (Wildman–Crippen MR) is 120 cm³/mol. The lowest BCUT2D eigenvalue weighted by molar-refractivity contribution is 0.0953. The molecule has 8 heteroatoms. The van der Waals surface area contributed by atoms with E-state index in [1.54, 1.807) is 10.6 Å². The number of aryl methyl sites for hydroxylation is 1. The van der Waals surface area contributed by atoms with Crippen molar-refractivity contribution in [2.45, 2.75) is 13.5 Å². The van der Waals surface area contributed by atoms with Crippen LogP contribution in [0.4, 0.5) is 10.1 Å². The number of rotatable bonds is 5. The third-order valence-corrected chi connectivity index (χ3v) is 5.37. The molecule has 7 nitrogen and oxygen atoms in total. The maximum atomic E-state index is 14.9. The van der Waals surface area contributed by atoms with E-state index in [1.807, 2.05) is 42.2 Å². The number of nitrogens with one attached hydrogen (secondary N) is 2. The Morgan fingerprint density at radius 3 is 2.68 bits per heavy atom. The standard InChI is InChI=1S/C23H24FN5O2/c1-2-28-15-18(23(31)27-26-14-16-6-4-3-5-7-16)22(30)17-12-19(24)21(13-20(17)28)29-10-8-25-9-11-29/h3-7,12-15,25H,2,8-11H2,1H3,(H,27,31)/b26-14+. The summed E-state index contributed by atoms with van der Waals surface area (Å²) in [5, 5.41) is 7.35. The van der Waals surface area contributed by atoms with Gasteiger partial charge in [-0.05, 0) is 24.6 Å². The van der Waals surface area contributed by atoms with Crippen LogP contribution < -0.4 is 21.1 Å². The normalized spacial score (nSPS) is 14.3. The molecule has 0 bridgehead atoms. The van der Waals surface area contributed by atoms with E-state index in [0.29, 0.717) is 30.8 Å². The zero-order valence-electron chi connectivity index (χ0n) is 17.3. The molecule has 1 aliphatic rings. The lowest BCUT2D eigenvalue weighted by atomic mass is 10.1. The molecule has 31 heavy (non-hydrogen) atoms. The van der Waals surface area contributed by atoms with Crippen LogP contribution in [0.2, 0.25) is 0 Å². The molecule has 0 spiro atoms. The third-order valence-electron chi connectivity index (χ3n) is 5.37. The maximum Gasteiger partial charge on any atom is 0.276 e. The first kappa shape index (κ1) is 20.7. The average Bonchev–Trinajstić information content (AvgIpc) is 2.80. The van der Waals surface area contributed by atoms with Crippen LogP contribution in [0.25, 0.3) is 10.9 Å². The molecule has 0 unspecified atom stereocenters. The fourth-order valence-electron chi connectivity index (χ4n) is 3.74. The summed E-state index contributed by atoms with van der Waals surface area (Å²) in [5.74, 6) is -1.10. The summed E-state index contributed by atoms with van der Waals surface area (Å²) in [6.07, 6.45) is 3.01. The second-order valence-electron chi connectivity index (χ2n) is 7.33. The minimum Gasteiger partial charge on any atom is -0.367 e. The second-order valence-corrected chi connectivity index (χ2v) is 7.33. The summed E-state index contributed by atoms with van der Waals surface area (Å²) in [6, 6.07) is 12.2. The molecule has 1 fully saturated rings. The van der Waals surface area contributed by atoms with Crippen molar-refractivity contribution >= 4 is 28.7 Å². The van der Waals surface area contributed by atoms with Crippen LogP contribution in [-0.4, -0.2) is 42.9 Å². The number of piperazine rings is 1. The zero-order chi connectivity index (χ0) is 21.8. The second kappa shape index (κ2) is 9.09. The Morgan fingerprint density at radius 2 is 1.97 bits per heavy atom. The van der Waals surface area contributed by atoms with Crippen LogP contribution in [0.1, 0.15) is 22.8 Å². The summed E-state index contributed by atoms with van der Waals surface area (Å²) in [6.45, 7) is 5.38. The molecule has 4 rings (SSSR count). The average molecular weight is 421 g/mol. The lowest BCUT2D eigenvalue weighted by Crippen LogP contribution is -2.43. The van der Waals surface area contributed by atoms with E-state index in [-0.39, 0.29) is 10.9 Å². The number of amides is 1. The van der Waals surface area contributed by atoms with Crippen LogP contribution in [0.5, 0.6) is 0 Å². The number of aromatic nitrogens is 1. The minimum atomic E-state index is -0.632. The Kier molecular flexibility index (Phi) is 6.08. The molecule has 0 radical (unpaired) electrons. The number of anilines is 1. The van der Waals surface area contributed by atoms with E-state index in [2.05, 4.69) is 15.8 Å². The highest BCUT2D eigenvalue weighted by Crippen LogP contribution is 2.25. The van der Waals surface area contributed by atoms with Crippen LogP contribution in [0.3, 0.4) is 0 Å². The van der Waals surface area contributed by atoms with Gasteiger partial charge >= 0.3 is 0 Å². The van der Waals surface area contributed by atoms with Crippen molar-refractivity contribution in [3.63, 3.8) is 0 Å². The Labute approximate surface area is 179 Å². The Balaban J connectivity index is 1.68. The highest BCUT2D eigenvalue weighted by atomic mass is 19.1. The molecule has 1 aliphatic heterocycles. The molecular weight excluding hydrogens is 397 g/mol. The summed E-state index contributed by atoms with van der Waals surface area (Å²) in [5.41, 5.74) is 3.69. The highest BCUT2D eigenvalue weighted by molar-refractivity contribution is 5.98. The monoisotopic (exact) mass is 421 g/mol. The molecule has 2 heterocycles. The molecule has 0 saturated carbocycles. The zero-order valence-corrected chi connectivity index (χ0v) is 17.3. The minimum absolute atomic E-state index is 0.0751. The molecule has 1 saturated heterocycles. The summed E-state index contributed by atoms with van der Waals surface area (Å²) < 4.78 is 16.7. The van der Waals surface area contributed by atoms with Gasteiger partial charge in [0.2, 0.25) is 5.43 Å². The van der Waals surface area contributed by atoms with Crippen molar-refractivity contribution < 1.29 is 9.18 Å². The number of hydrogen-bond donors (Lipinski definition) is 2. The van der Waals surface area contributed by atoms with Crippen LogP contribution in [-0.2, 0) is 6.54 Å². The van der Waals surface area contributed by atoms with E-state index in [9.17, 15) is 14.0 Å². The molecular formula is C23H24FN5O2. The van der Waals surface area contributed by atoms with Gasteiger partial charge in [-0.25, -0.2) is 9.82 Å². The van der Waals surface area contributed by atoms with E-state index in [4.69, 9.17) is 0 Å². The molecule has 160 valence electrons. The van der Waals surface area contributed by atoms with Crippen LogP contribution in [0, 0.1) is 5.82 Å². The molecule has 0 aliphatic carbocycles. The fourth-order valence-corrected chi connectivity index (χ4v) is 3.74. The van der Waals surface area contributed by atoms with Gasteiger partial charge in [-0.3, -0.25) is 9.59 Å².